The van der Waals surface area contributed by atoms with E-state index in [1.54, 1.807) is 13.8 Å². The molecule has 1 heterocycles. The minimum absolute atomic E-state index is 0.0151. The highest BCUT2D eigenvalue weighted by atomic mass is 16.8. The van der Waals surface area contributed by atoms with Gasteiger partial charge in [-0.2, -0.15) is 0 Å². The highest BCUT2D eigenvalue weighted by Crippen LogP contribution is 2.30. The lowest BCUT2D eigenvalue weighted by Crippen LogP contribution is -2.40. The lowest BCUT2D eigenvalue weighted by atomic mass is 10.1. The zero-order valence-electron chi connectivity index (χ0n) is 13.5. The number of carbonyl (C=O) groups excluding carboxylic acids is 1. The van der Waals surface area contributed by atoms with Crippen molar-refractivity contribution >= 4 is 5.97 Å². The predicted molar refractivity (Wildman–Crippen MR) is 82.6 cm³/mol. The first-order valence-corrected chi connectivity index (χ1v) is 7.75. The van der Waals surface area contributed by atoms with Crippen molar-refractivity contribution in [2.24, 2.45) is 0 Å². The molecule has 0 aromatic heterocycles. The Morgan fingerprint density at radius 3 is 2.65 bits per heavy atom. The summed E-state index contributed by atoms with van der Waals surface area (Å²) in [5.74, 6) is -1.22. The Hall–Kier alpha value is -1.47. The number of carbonyl (C=O) groups is 1. The van der Waals surface area contributed by atoms with Gasteiger partial charge in [-0.3, -0.25) is 4.79 Å². The fourth-order valence-electron chi connectivity index (χ4n) is 2.56. The van der Waals surface area contributed by atoms with Crippen molar-refractivity contribution in [3.63, 3.8) is 0 Å². The molecule has 0 spiro atoms. The third-order valence-electron chi connectivity index (χ3n) is 3.66. The van der Waals surface area contributed by atoms with Crippen LogP contribution in [0.2, 0.25) is 0 Å². The first kappa shape index (κ1) is 17.9. The molecule has 23 heavy (non-hydrogen) atoms. The minimum atomic E-state index is -1.08. The fourth-order valence-corrected chi connectivity index (χ4v) is 2.56. The average Bonchev–Trinajstić information content (AvgIpc) is 2.86. The number of hydrogen-bond donors (Lipinski definition) is 2. The number of aryl methyl sites for hydroxylation is 1. The molecule has 0 aliphatic carbocycles. The van der Waals surface area contributed by atoms with Gasteiger partial charge in [0.05, 0.1) is 6.61 Å². The molecule has 6 heteroatoms. The van der Waals surface area contributed by atoms with Crippen LogP contribution in [0.25, 0.3) is 0 Å². The molecule has 1 aliphatic heterocycles. The third-order valence-corrected chi connectivity index (χ3v) is 3.66. The molecule has 1 saturated heterocycles. The van der Waals surface area contributed by atoms with Crippen LogP contribution >= 0.6 is 0 Å². The van der Waals surface area contributed by atoms with Crippen molar-refractivity contribution in [1.29, 1.82) is 0 Å². The van der Waals surface area contributed by atoms with E-state index in [2.05, 4.69) is 0 Å². The Bertz CT molecular complexity index is 501. The fraction of sp³-hybridized carbons (Fsp3) is 0.588. The average molecular weight is 324 g/mol. The molecule has 1 aromatic rings. The third kappa shape index (κ3) is 5.28. The summed E-state index contributed by atoms with van der Waals surface area (Å²) in [6.07, 6.45) is -1.53. The molecule has 1 aliphatic rings. The summed E-state index contributed by atoms with van der Waals surface area (Å²) < 4.78 is 16.4. The number of aliphatic hydroxyl groups excluding tert-OH is 2. The molecule has 1 fully saturated rings. The molecule has 0 amide bonds. The number of ether oxygens (including phenoxy) is 3. The van der Waals surface area contributed by atoms with E-state index in [4.69, 9.17) is 19.3 Å². The molecule has 0 unspecified atom stereocenters. The molecule has 128 valence electrons. The largest absolute Gasteiger partial charge is 0.463 e. The van der Waals surface area contributed by atoms with E-state index >= 15 is 0 Å². The Kier molecular flexibility index (Phi) is 6.12. The number of aliphatic hydroxyl groups is 2. The van der Waals surface area contributed by atoms with Crippen molar-refractivity contribution in [3.05, 3.63) is 35.9 Å². The first-order valence-electron chi connectivity index (χ1n) is 7.75. The maximum Gasteiger partial charge on any atom is 0.306 e. The van der Waals surface area contributed by atoms with E-state index in [9.17, 15) is 9.90 Å². The summed E-state index contributed by atoms with van der Waals surface area (Å²) in [5, 5.41) is 18.9. The highest BCUT2D eigenvalue weighted by Gasteiger charge is 2.45. The van der Waals surface area contributed by atoms with Crippen molar-refractivity contribution in [3.8, 4) is 0 Å². The first-order chi connectivity index (χ1) is 10.9. The van der Waals surface area contributed by atoms with Crippen LogP contribution in [0, 0.1) is 0 Å². The van der Waals surface area contributed by atoms with Crippen LogP contribution < -0.4 is 0 Å². The van der Waals surface area contributed by atoms with E-state index in [1.165, 1.54) is 0 Å². The summed E-state index contributed by atoms with van der Waals surface area (Å²) in [7, 11) is 0. The van der Waals surface area contributed by atoms with Crippen molar-refractivity contribution < 1.29 is 29.2 Å². The standard InChI is InChI=1S/C17H24O6/c1-17(2)22-14(16(23-17)13(19)10-18)11-21-15(20)9-8-12-6-4-3-5-7-12/h3-7,13-14,16,18-19H,8-11H2,1-2H3/t13-,14+,16+/m1/s1. The molecule has 3 atom stereocenters. The lowest BCUT2D eigenvalue weighted by Gasteiger charge is -2.20. The van der Waals surface area contributed by atoms with Crippen molar-refractivity contribution in [2.45, 2.75) is 50.8 Å². The number of rotatable bonds is 7. The van der Waals surface area contributed by atoms with Gasteiger partial charge in [-0.1, -0.05) is 30.3 Å². The van der Waals surface area contributed by atoms with Gasteiger partial charge in [0, 0.05) is 6.42 Å². The van der Waals surface area contributed by atoms with Crippen molar-refractivity contribution in [2.75, 3.05) is 13.2 Å². The maximum absolute atomic E-state index is 11.9. The Morgan fingerprint density at radius 1 is 1.30 bits per heavy atom. The normalized spacial score (nSPS) is 24.3. The van der Waals surface area contributed by atoms with Crippen LogP contribution in [0.5, 0.6) is 0 Å². The quantitative estimate of drug-likeness (QED) is 0.729. The van der Waals surface area contributed by atoms with Crippen LogP contribution in [-0.4, -0.2) is 53.5 Å². The SMILES string of the molecule is CC1(C)O[C@@H]([C@H](O)CO)[C@H](COC(=O)CCc2ccccc2)O1. The molecule has 2 rings (SSSR count). The highest BCUT2D eigenvalue weighted by molar-refractivity contribution is 5.69. The predicted octanol–water partition coefficient (Wildman–Crippen LogP) is 1.04. The van der Waals surface area contributed by atoms with E-state index in [0.717, 1.165) is 5.56 Å². The van der Waals surface area contributed by atoms with Crippen LogP contribution in [0.15, 0.2) is 30.3 Å². The van der Waals surface area contributed by atoms with E-state index in [0.29, 0.717) is 6.42 Å². The second kappa shape index (κ2) is 7.88. The summed E-state index contributed by atoms with van der Waals surface area (Å²) in [4.78, 5) is 11.9. The zero-order valence-corrected chi connectivity index (χ0v) is 13.5. The van der Waals surface area contributed by atoms with E-state index in [1.807, 2.05) is 30.3 Å². The molecular weight excluding hydrogens is 300 g/mol. The van der Waals surface area contributed by atoms with Crippen LogP contribution in [0.3, 0.4) is 0 Å². The Balaban J connectivity index is 1.80. The van der Waals surface area contributed by atoms with Gasteiger partial charge in [0.1, 0.15) is 24.9 Å². The van der Waals surface area contributed by atoms with Crippen LogP contribution in [0.4, 0.5) is 0 Å². The molecule has 1 aromatic carbocycles. The summed E-state index contributed by atoms with van der Waals surface area (Å²) in [6, 6.07) is 9.68. The van der Waals surface area contributed by atoms with Crippen molar-refractivity contribution in [1.82, 2.24) is 0 Å². The van der Waals surface area contributed by atoms with Crippen LogP contribution in [0.1, 0.15) is 25.8 Å². The summed E-state index contributed by atoms with van der Waals surface area (Å²) in [6.45, 7) is 2.96. The molecular formula is C17H24O6. The minimum Gasteiger partial charge on any atom is -0.463 e. The second-order valence-electron chi connectivity index (χ2n) is 6.06. The second-order valence-corrected chi connectivity index (χ2v) is 6.06. The number of hydrogen-bond acceptors (Lipinski definition) is 6. The van der Waals surface area contributed by atoms with Gasteiger partial charge in [0.15, 0.2) is 5.79 Å². The summed E-state index contributed by atoms with van der Waals surface area (Å²) >= 11 is 0. The van der Waals surface area contributed by atoms with Gasteiger partial charge in [-0.05, 0) is 25.8 Å². The summed E-state index contributed by atoms with van der Waals surface area (Å²) in [5.41, 5.74) is 1.07. The molecule has 0 bridgehead atoms. The topological polar surface area (TPSA) is 85.2 Å². The van der Waals surface area contributed by atoms with Gasteiger partial charge >= 0.3 is 5.97 Å². The van der Waals surface area contributed by atoms with E-state index in [-0.39, 0.29) is 19.0 Å². The van der Waals surface area contributed by atoms with Gasteiger partial charge < -0.3 is 24.4 Å². The monoisotopic (exact) mass is 324 g/mol. The van der Waals surface area contributed by atoms with Gasteiger partial charge in [0.2, 0.25) is 0 Å². The number of esters is 1. The van der Waals surface area contributed by atoms with Gasteiger partial charge in [-0.25, -0.2) is 0 Å². The molecule has 6 nitrogen and oxygen atoms in total. The van der Waals surface area contributed by atoms with E-state index < -0.39 is 30.7 Å². The smallest absolute Gasteiger partial charge is 0.306 e. The zero-order chi connectivity index (χ0) is 16.9. The molecule has 0 radical (unpaired) electrons. The molecule has 0 saturated carbocycles. The Morgan fingerprint density at radius 2 is 2.00 bits per heavy atom. The van der Waals surface area contributed by atoms with Gasteiger partial charge in [0.25, 0.3) is 0 Å². The maximum atomic E-state index is 11.9. The lowest BCUT2D eigenvalue weighted by molar-refractivity contribution is -0.163. The van der Waals surface area contributed by atoms with Crippen LogP contribution in [-0.2, 0) is 25.4 Å². The Labute approximate surface area is 136 Å². The van der Waals surface area contributed by atoms with Gasteiger partial charge in [-0.15, -0.1) is 0 Å². The number of benzene rings is 1. The molecule has 2 N–H and O–H groups in total.